The predicted octanol–water partition coefficient (Wildman–Crippen LogP) is 2.59. The van der Waals surface area contributed by atoms with Crippen LogP contribution in [0.1, 0.15) is 18.7 Å². The molecule has 17 heavy (non-hydrogen) atoms. The quantitative estimate of drug-likeness (QED) is 0.774. The first-order valence-electron chi connectivity index (χ1n) is 5.20. The smallest absolute Gasteiger partial charge is 0.393 e. The van der Waals surface area contributed by atoms with Crippen molar-refractivity contribution < 1.29 is 17.6 Å². The molecule has 4 nitrogen and oxygen atoms in total. The zero-order chi connectivity index (χ0) is 12.5. The fraction of sp³-hybridized carbons (Fsp3) is 0.778. The van der Waals surface area contributed by atoms with Crippen molar-refractivity contribution in [1.82, 2.24) is 10.2 Å². The van der Waals surface area contributed by atoms with Crippen molar-refractivity contribution >= 4 is 17.6 Å². The molecule has 0 bridgehead atoms. The lowest BCUT2D eigenvalue weighted by Gasteiger charge is -2.32. The molecule has 1 fully saturated rings. The van der Waals surface area contributed by atoms with Crippen molar-refractivity contribution in [3.05, 3.63) is 5.89 Å². The molecule has 0 spiro atoms. The molecule has 8 heteroatoms. The van der Waals surface area contributed by atoms with Crippen molar-refractivity contribution in [3.8, 4) is 0 Å². The molecule has 0 aromatic carbocycles. The summed E-state index contributed by atoms with van der Waals surface area (Å²) in [7, 11) is 0. The Morgan fingerprint density at radius 1 is 1.41 bits per heavy atom. The Bertz CT molecular complexity index is 382. The topological polar surface area (TPSA) is 42.2 Å². The van der Waals surface area contributed by atoms with Crippen LogP contribution >= 0.6 is 11.6 Å². The van der Waals surface area contributed by atoms with Gasteiger partial charge in [0.25, 0.3) is 0 Å². The lowest BCUT2D eigenvalue weighted by atomic mass is 9.98. The molecule has 1 aliphatic rings. The maximum Gasteiger partial charge on any atom is 0.393 e. The third kappa shape index (κ3) is 2.83. The van der Waals surface area contributed by atoms with Gasteiger partial charge in [-0.25, -0.2) is 0 Å². The van der Waals surface area contributed by atoms with Gasteiger partial charge in [-0.05, 0) is 12.8 Å². The van der Waals surface area contributed by atoms with Crippen LogP contribution in [0, 0.1) is 5.92 Å². The maximum absolute atomic E-state index is 12.6. The van der Waals surface area contributed by atoms with Crippen LogP contribution in [0.4, 0.5) is 19.2 Å². The number of aromatic nitrogens is 2. The summed E-state index contributed by atoms with van der Waals surface area (Å²) in [5.74, 6) is -1.05. The standard InChI is InChI=1S/C9H11ClF3N3O/c10-4-7-14-15-8(17-7)16-3-1-2-6(5-16)9(11,12)13/h6H,1-5H2. The van der Waals surface area contributed by atoms with E-state index in [-0.39, 0.29) is 30.8 Å². The van der Waals surface area contributed by atoms with E-state index < -0.39 is 12.1 Å². The Morgan fingerprint density at radius 3 is 2.76 bits per heavy atom. The lowest BCUT2D eigenvalue weighted by Crippen LogP contribution is -2.41. The van der Waals surface area contributed by atoms with Gasteiger partial charge in [0, 0.05) is 13.1 Å². The number of hydrogen-bond acceptors (Lipinski definition) is 4. The molecule has 0 amide bonds. The summed E-state index contributed by atoms with van der Waals surface area (Å²) in [6, 6.07) is 0.120. The van der Waals surface area contributed by atoms with Crippen LogP contribution in [-0.2, 0) is 5.88 Å². The summed E-state index contributed by atoms with van der Waals surface area (Å²) in [6.07, 6.45) is -3.56. The highest BCUT2D eigenvalue weighted by Crippen LogP contribution is 2.34. The molecular weight excluding hydrogens is 259 g/mol. The molecule has 0 radical (unpaired) electrons. The summed E-state index contributed by atoms with van der Waals surface area (Å²) in [5, 5.41) is 7.31. The van der Waals surface area contributed by atoms with Gasteiger partial charge in [-0.15, -0.1) is 16.7 Å². The third-order valence-corrected chi connectivity index (χ3v) is 2.95. The second kappa shape index (κ2) is 4.72. The van der Waals surface area contributed by atoms with E-state index in [1.54, 1.807) is 0 Å². The highest BCUT2D eigenvalue weighted by molar-refractivity contribution is 6.16. The molecule has 2 rings (SSSR count). The van der Waals surface area contributed by atoms with E-state index >= 15 is 0 Å². The molecule has 1 unspecified atom stereocenters. The van der Waals surface area contributed by atoms with Crippen LogP contribution in [0.15, 0.2) is 4.42 Å². The highest BCUT2D eigenvalue weighted by Gasteiger charge is 2.42. The van der Waals surface area contributed by atoms with E-state index in [1.165, 1.54) is 4.90 Å². The predicted molar refractivity (Wildman–Crippen MR) is 54.8 cm³/mol. The second-order valence-corrected chi connectivity index (χ2v) is 4.21. The molecule has 1 aromatic rings. The molecule has 96 valence electrons. The molecular formula is C9H11ClF3N3O. The van der Waals surface area contributed by atoms with E-state index in [4.69, 9.17) is 16.0 Å². The first kappa shape index (κ1) is 12.5. The number of hydrogen-bond donors (Lipinski definition) is 0. The number of nitrogens with zero attached hydrogens (tertiary/aromatic N) is 3. The van der Waals surface area contributed by atoms with E-state index in [0.29, 0.717) is 13.0 Å². The van der Waals surface area contributed by atoms with Crippen molar-refractivity contribution in [1.29, 1.82) is 0 Å². The monoisotopic (exact) mass is 269 g/mol. The Balaban J connectivity index is 2.06. The van der Waals surface area contributed by atoms with Crippen LogP contribution < -0.4 is 4.90 Å². The van der Waals surface area contributed by atoms with Gasteiger partial charge >= 0.3 is 12.2 Å². The van der Waals surface area contributed by atoms with Crippen molar-refractivity contribution in [3.63, 3.8) is 0 Å². The van der Waals surface area contributed by atoms with E-state index in [9.17, 15) is 13.2 Å². The summed E-state index contributed by atoms with van der Waals surface area (Å²) in [4.78, 5) is 1.46. The van der Waals surface area contributed by atoms with E-state index in [2.05, 4.69) is 10.2 Å². The van der Waals surface area contributed by atoms with Gasteiger partial charge in [-0.1, -0.05) is 5.10 Å². The number of alkyl halides is 4. The molecule has 0 N–H and O–H groups in total. The molecule has 0 saturated carbocycles. The van der Waals surface area contributed by atoms with Gasteiger partial charge in [0.2, 0.25) is 5.89 Å². The Labute approximate surface area is 101 Å². The Hall–Kier alpha value is -0.980. The molecule has 1 saturated heterocycles. The van der Waals surface area contributed by atoms with Crippen LogP contribution in [0.5, 0.6) is 0 Å². The Morgan fingerprint density at radius 2 is 2.18 bits per heavy atom. The molecule has 0 aliphatic carbocycles. The third-order valence-electron chi connectivity index (χ3n) is 2.73. The van der Waals surface area contributed by atoms with Gasteiger partial charge in [-0.3, -0.25) is 0 Å². The molecule has 1 atom stereocenters. The highest BCUT2D eigenvalue weighted by atomic mass is 35.5. The minimum atomic E-state index is -4.17. The van der Waals surface area contributed by atoms with Crippen molar-refractivity contribution in [2.45, 2.75) is 24.9 Å². The largest absolute Gasteiger partial charge is 0.407 e. The lowest BCUT2D eigenvalue weighted by molar-refractivity contribution is -0.176. The number of halogens is 4. The zero-order valence-corrected chi connectivity index (χ0v) is 9.63. The molecule has 2 heterocycles. The second-order valence-electron chi connectivity index (χ2n) is 3.94. The molecule has 1 aromatic heterocycles. The first-order chi connectivity index (χ1) is 8.00. The summed E-state index contributed by atoms with van der Waals surface area (Å²) < 4.78 is 42.9. The first-order valence-corrected chi connectivity index (χ1v) is 5.74. The van der Waals surface area contributed by atoms with E-state index in [0.717, 1.165) is 0 Å². The fourth-order valence-corrected chi connectivity index (χ4v) is 1.95. The summed E-state index contributed by atoms with van der Waals surface area (Å²) in [6.45, 7) is 0.365. The van der Waals surface area contributed by atoms with Crippen molar-refractivity contribution in [2.24, 2.45) is 5.92 Å². The van der Waals surface area contributed by atoms with Crippen LogP contribution in [0.2, 0.25) is 0 Å². The van der Waals surface area contributed by atoms with Crippen molar-refractivity contribution in [2.75, 3.05) is 18.0 Å². The summed E-state index contributed by atoms with van der Waals surface area (Å²) >= 11 is 5.49. The van der Waals surface area contributed by atoms with Gasteiger partial charge in [-0.2, -0.15) is 13.2 Å². The average molecular weight is 270 g/mol. The van der Waals surface area contributed by atoms with Crippen LogP contribution in [0.25, 0.3) is 0 Å². The molecule has 1 aliphatic heterocycles. The minimum Gasteiger partial charge on any atom is -0.407 e. The number of piperidine rings is 1. The van der Waals surface area contributed by atoms with Crippen LogP contribution in [0.3, 0.4) is 0 Å². The maximum atomic E-state index is 12.6. The van der Waals surface area contributed by atoms with Crippen LogP contribution in [-0.4, -0.2) is 29.5 Å². The number of rotatable bonds is 2. The normalized spacial score (nSPS) is 21.9. The van der Waals surface area contributed by atoms with Gasteiger partial charge in [0.1, 0.15) is 5.88 Å². The van der Waals surface area contributed by atoms with Gasteiger partial charge in [0.15, 0.2) is 0 Å². The number of anilines is 1. The fourth-order valence-electron chi connectivity index (χ4n) is 1.84. The average Bonchev–Trinajstić information content (AvgIpc) is 2.76. The Kier molecular flexibility index (Phi) is 3.46. The van der Waals surface area contributed by atoms with Gasteiger partial charge < -0.3 is 9.32 Å². The minimum absolute atomic E-state index is 0.0591. The van der Waals surface area contributed by atoms with E-state index in [1.807, 2.05) is 0 Å². The zero-order valence-electron chi connectivity index (χ0n) is 8.87. The SMILES string of the molecule is FC(F)(F)C1CCCN(c2nnc(CCl)o2)C1. The van der Waals surface area contributed by atoms with Gasteiger partial charge in [0.05, 0.1) is 5.92 Å². The summed E-state index contributed by atoms with van der Waals surface area (Å²) in [5.41, 5.74) is 0.